The molecule has 5 nitrogen and oxygen atoms in total. The van der Waals surface area contributed by atoms with Gasteiger partial charge in [-0.05, 0) is 20.8 Å². The predicted octanol–water partition coefficient (Wildman–Crippen LogP) is -0.0291. The molecule has 0 bridgehead atoms. The van der Waals surface area contributed by atoms with Crippen LogP contribution in [0, 0.1) is 0 Å². The number of rotatable bonds is 0. The quantitative estimate of drug-likeness (QED) is 0.286. The summed E-state index contributed by atoms with van der Waals surface area (Å²) in [5, 5.41) is 0.924. The highest BCUT2D eigenvalue weighted by Crippen LogP contribution is 2.08. The molecule has 0 fully saturated rings. The molecular weight excluding hydrogens is 134 g/mol. The fourth-order valence-corrected chi connectivity index (χ4v) is 0.331. The number of amides is 1. The second-order valence-electron chi connectivity index (χ2n) is 2.92. The molecule has 0 saturated heterocycles. The largest absolute Gasteiger partial charge is 0.443 e. The average molecular weight is 147 g/mol. The van der Waals surface area contributed by atoms with E-state index in [9.17, 15) is 4.79 Å². The first-order valence-corrected chi connectivity index (χ1v) is 2.85. The Hall–Kier alpha value is -0.810. The van der Waals surface area contributed by atoms with E-state index in [1.165, 1.54) is 0 Å². The van der Waals surface area contributed by atoms with Crippen LogP contribution in [0.25, 0.3) is 0 Å². The lowest BCUT2D eigenvalue weighted by Gasteiger charge is -2.28. The van der Waals surface area contributed by atoms with Crippen molar-refractivity contribution in [3.63, 3.8) is 0 Å². The molecule has 0 aromatic heterocycles. The van der Waals surface area contributed by atoms with Gasteiger partial charge in [0.05, 0.1) is 5.54 Å². The smallest absolute Gasteiger partial charge is 0.356 e. The zero-order valence-electron chi connectivity index (χ0n) is 6.42. The van der Waals surface area contributed by atoms with E-state index in [2.05, 4.69) is 10.7 Å². The number of carbonyl (C=O) groups excluding carboxylic acids is 1. The molecule has 0 aromatic rings. The number of nitrogens with zero attached hydrogens (tertiary/aromatic N) is 1. The summed E-state index contributed by atoms with van der Waals surface area (Å²) in [5.74, 6) is 9.88. The zero-order valence-corrected chi connectivity index (χ0v) is 6.42. The highest BCUT2D eigenvalue weighted by atomic mass is 16.7. The summed E-state index contributed by atoms with van der Waals surface area (Å²) >= 11 is 0. The molecule has 0 radical (unpaired) electrons. The standard InChI is InChI=1S/C5H13N3O2/c1-5(2,3)8(6)4(9)10-7/h6-7H2,1-3H3. The SMILES string of the molecule is CC(C)(C)N(N)C(=O)ON. The van der Waals surface area contributed by atoms with Crippen molar-refractivity contribution in [1.82, 2.24) is 5.01 Å². The third-order valence-electron chi connectivity index (χ3n) is 1.02. The van der Waals surface area contributed by atoms with E-state index in [1.54, 1.807) is 20.8 Å². The first kappa shape index (κ1) is 9.19. The summed E-state index contributed by atoms with van der Waals surface area (Å²) in [5.41, 5.74) is -0.462. The molecule has 4 N–H and O–H groups in total. The van der Waals surface area contributed by atoms with Crippen LogP contribution in [0.4, 0.5) is 4.79 Å². The van der Waals surface area contributed by atoms with Crippen molar-refractivity contribution in [2.45, 2.75) is 26.3 Å². The lowest BCUT2D eigenvalue weighted by atomic mass is 10.1. The highest BCUT2D eigenvalue weighted by molar-refractivity contribution is 5.67. The minimum Gasteiger partial charge on any atom is -0.356 e. The molecule has 0 heterocycles. The minimum atomic E-state index is -0.743. The molecule has 5 heteroatoms. The molecule has 1 amide bonds. The molecule has 0 aliphatic rings. The van der Waals surface area contributed by atoms with E-state index in [0.717, 1.165) is 5.01 Å². The van der Waals surface area contributed by atoms with Gasteiger partial charge in [-0.15, -0.1) is 0 Å². The Morgan fingerprint density at radius 2 is 1.90 bits per heavy atom. The van der Waals surface area contributed by atoms with Crippen molar-refractivity contribution in [3.8, 4) is 0 Å². The maximum Gasteiger partial charge on any atom is 0.443 e. The van der Waals surface area contributed by atoms with Gasteiger partial charge in [-0.3, -0.25) is 0 Å². The van der Waals surface area contributed by atoms with Crippen LogP contribution >= 0.6 is 0 Å². The van der Waals surface area contributed by atoms with Gasteiger partial charge >= 0.3 is 6.09 Å². The molecule has 0 rings (SSSR count). The van der Waals surface area contributed by atoms with Gasteiger partial charge in [-0.2, -0.15) is 5.90 Å². The Morgan fingerprint density at radius 3 is 2.00 bits per heavy atom. The van der Waals surface area contributed by atoms with E-state index in [0.29, 0.717) is 0 Å². The fraction of sp³-hybridized carbons (Fsp3) is 0.800. The number of hydrogen-bond donors (Lipinski definition) is 2. The maximum atomic E-state index is 10.6. The van der Waals surface area contributed by atoms with Crippen molar-refractivity contribution >= 4 is 6.09 Å². The molecule has 10 heavy (non-hydrogen) atoms. The second kappa shape index (κ2) is 2.85. The molecule has 60 valence electrons. The van der Waals surface area contributed by atoms with Crippen LogP contribution in [-0.2, 0) is 4.84 Å². The van der Waals surface area contributed by atoms with Gasteiger partial charge in [0, 0.05) is 0 Å². The predicted molar refractivity (Wildman–Crippen MR) is 36.4 cm³/mol. The Bertz CT molecular complexity index is 129. The monoisotopic (exact) mass is 147 g/mol. The van der Waals surface area contributed by atoms with E-state index < -0.39 is 11.6 Å². The molecule has 0 spiro atoms. The lowest BCUT2D eigenvalue weighted by molar-refractivity contribution is 0.0678. The Labute approximate surface area is 59.8 Å². The van der Waals surface area contributed by atoms with Crippen molar-refractivity contribution in [1.29, 1.82) is 0 Å². The molecule has 0 saturated carbocycles. The number of nitrogens with two attached hydrogens (primary N) is 2. The number of hydrazine groups is 1. The highest BCUT2D eigenvalue weighted by Gasteiger charge is 2.23. The van der Waals surface area contributed by atoms with Crippen molar-refractivity contribution in [2.75, 3.05) is 0 Å². The van der Waals surface area contributed by atoms with Crippen LogP contribution < -0.4 is 11.7 Å². The second-order valence-corrected chi connectivity index (χ2v) is 2.92. The number of hydrogen-bond acceptors (Lipinski definition) is 4. The van der Waals surface area contributed by atoms with E-state index in [-0.39, 0.29) is 0 Å². The van der Waals surface area contributed by atoms with Gasteiger partial charge in [-0.1, -0.05) is 0 Å². The third kappa shape index (κ3) is 2.20. The summed E-state index contributed by atoms with van der Waals surface area (Å²) in [7, 11) is 0. The Balaban J connectivity index is 4.08. The van der Waals surface area contributed by atoms with Gasteiger partial charge in [0.2, 0.25) is 0 Å². The van der Waals surface area contributed by atoms with Crippen LogP contribution in [0.2, 0.25) is 0 Å². The lowest BCUT2D eigenvalue weighted by Crippen LogP contribution is -2.51. The van der Waals surface area contributed by atoms with Gasteiger partial charge in [0.1, 0.15) is 0 Å². The van der Waals surface area contributed by atoms with E-state index in [1.807, 2.05) is 0 Å². The van der Waals surface area contributed by atoms with Crippen LogP contribution in [0.3, 0.4) is 0 Å². The zero-order chi connectivity index (χ0) is 8.36. The molecular formula is C5H13N3O2. The minimum absolute atomic E-state index is 0.462. The summed E-state index contributed by atoms with van der Waals surface area (Å²) < 4.78 is 0. The average Bonchev–Trinajstić information content (AvgIpc) is 1.83. The summed E-state index contributed by atoms with van der Waals surface area (Å²) in [4.78, 5) is 14.5. The van der Waals surface area contributed by atoms with Crippen molar-refractivity contribution in [2.24, 2.45) is 11.7 Å². The van der Waals surface area contributed by atoms with Gasteiger partial charge in [0.15, 0.2) is 0 Å². The van der Waals surface area contributed by atoms with Crippen molar-refractivity contribution < 1.29 is 9.63 Å². The molecule has 0 aliphatic heterocycles. The summed E-state index contributed by atoms with van der Waals surface area (Å²) in [6, 6.07) is 0. The number of carbonyl (C=O) groups is 1. The van der Waals surface area contributed by atoms with Gasteiger partial charge < -0.3 is 4.84 Å². The Morgan fingerprint density at radius 1 is 1.50 bits per heavy atom. The molecule has 0 aliphatic carbocycles. The van der Waals surface area contributed by atoms with Crippen LogP contribution in [-0.4, -0.2) is 16.6 Å². The van der Waals surface area contributed by atoms with Crippen LogP contribution in [0.15, 0.2) is 0 Å². The topological polar surface area (TPSA) is 81.6 Å². The first-order valence-electron chi connectivity index (χ1n) is 2.85. The van der Waals surface area contributed by atoms with Crippen molar-refractivity contribution in [3.05, 3.63) is 0 Å². The molecule has 0 unspecified atom stereocenters. The Kier molecular flexibility index (Phi) is 2.62. The normalized spacial score (nSPS) is 10.9. The van der Waals surface area contributed by atoms with Gasteiger partial charge in [-0.25, -0.2) is 15.6 Å². The van der Waals surface area contributed by atoms with Gasteiger partial charge in [0.25, 0.3) is 0 Å². The summed E-state index contributed by atoms with van der Waals surface area (Å²) in [6.45, 7) is 5.30. The maximum absolute atomic E-state index is 10.6. The molecule has 0 atom stereocenters. The first-order chi connectivity index (χ1) is 4.39. The molecule has 0 aromatic carbocycles. The van der Waals surface area contributed by atoms with E-state index in [4.69, 9.17) is 5.84 Å². The van der Waals surface area contributed by atoms with Crippen LogP contribution in [0.1, 0.15) is 20.8 Å². The fourth-order valence-electron chi connectivity index (χ4n) is 0.331. The third-order valence-corrected chi connectivity index (χ3v) is 1.02. The van der Waals surface area contributed by atoms with E-state index >= 15 is 0 Å². The van der Waals surface area contributed by atoms with Crippen LogP contribution in [0.5, 0.6) is 0 Å². The summed E-state index contributed by atoms with van der Waals surface area (Å²) in [6.07, 6.45) is -0.743.